The zero-order valence-corrected chi connectivity index (χ0v) is 10.6. The van der Waals surface area contributed by atoms with Gasteiger partial charge in [-0.05, 0) is 31.7 Å². The number of rotatable bonds is 2. The number of nitrogens with one attached hydrogen (secondary N) is 1. The molecular formula is C14H16N4O. The van der Waals surface area contributed by atoms with Crippen LogP contribution in [-0.2, 0) is 0 Å². The lowest BCUT2D eigenvalue weighted by molar-refractivity contribution is 0.0877. The summed E-state index contributed by atoms with van der Waals surface area (Å²) in [5.41, 5.74) is 1.35. The maximum atomic E-state index is 12.7. The predicted octanol–water partition coefficient (Wildman–Crippen LogP) is 1.44. The molecule has 98 valence electrons. The van der Waals surface area contributed by atoms with Crippen molar-refractivity contribution in [2.24, 2.45) is 5.92 Å². The van der Waals surface area contributed by atoms with Crippen molar-refractivity contribution in [2.75, 3.05) is 0 Å². The van der Waals surface area contributed by atoms with Crippen LogP contribution in [0.2, 0.25) is 0 Å². The Morgan fingerprint density at radius 3 is 2.89 bits per heavy atom. The number of hydrogen-bond donors (Lipinski definition) is 1. The van der Waals surface area contributed by atoms with Gasteiger partial charge in [-0.15, -0.1) is 0 Å². The largest absolute Gasteiger partial charge is 0.311 e. The van der Waals surface area contributed by atoms with Gasteiger partial charge in [0.25, 0.3) is 0 Å². The Bertz CT molecular complexity index is 623. The van der Waals surface area contributed by atoms with Crippen LogP contribution in [-0.4, -0.2) is 32.5 Å². The Hall–Kier alpha value is -1.75. The summed E-state index contributed by atoms with van der Waals surface area (Å²) in [6.45, 7) is 0. The molecule has 1 N–H and O–H groups in total. The van der Waals surface area contributed by atoms with Crippen molar-refractivity contribution < 1.29 is 4.79 Å². The first-order valence-corrected chi connectivity index (χ1v) is 6.90. The van der Waals surface area contributed by atoms with Crippen LogP contribution in [0.3, 0.4) is 0 Å². The third kappa shape index (κ3) is 1.76. The van der Waals surface area contributed by atoms with E-state index in [1.807, 2.05) is 12.3 Å². The molecule has 2 unspecified atom stereocenters. The normalized spacial score (nSPS) is 29.8. The van der Waals surface area contributed by atoms with Gasteiger partial charge in [-0.25, -0.2) is 9.50 Å². The zero-order chi connectivity index (χ0) is 12.8. The zero-order valence-electron chi connectivity index (χ0n) is 10.6. The number of hydrogen-bond acceptors (Lipinski definition) is 4. The average Bonchev–Trinajstić information content (AvgIpc) is 3.01. The lowest BCUT2D eigenvalue weighted by atomic mass is 9.86. The van der Waals surface area contributed by atoms with E-state index in [1.165, 1.54) is 12.8 Å². The second-order valence-electron chi connectivity index (χ2n) is 5.62. The smallest absolute Gasteiger partial charge is 0.171 e. The first kappa shape index (κ1) is 11.1. The minimum atomic E-state index is 0.133. The van der Waals surface area contributed by atoms with Crippen molar-refractivity contribution in [3.63, 3.8) is 0 Å². The maximum absolute atomic E-state index is 12.7. The maximum Gasteiger partial charge on any atom is 0.171 e. The standard InChI is InChI=1S/C14H16N4O/c19-13(9-6-10-2-3-11(7-9)17-10)12-8-16-18-5-1-4-15-14(12)18/h1,4-5,8-11,17H,2-3,6-7H2. The van der Waals surface area contributed by atoms with E-state index in [-0.39, 0.29) is 11.7 Å². The molecule has 5 nitrogen and oxygen atoms in total. The molecule has 0 amide bonds. The summed E-state index contributed by atoms with van der Waals surface area (Å²) < 4.78 is 1.67. The van der Waals surface area contributed by atoms with Crippen LogP contribution in [0.4, 0.5) is 0 Å². The van der Waals surface area contributed by atoms with Crippen LogP contribution in [0.25, 0.3) is 5.65 Å². The monoisotopic (exact) mass is 256 g/mol. The van der Waals surface area contributed by atoms with E-state index < -0.39 is 0 Å². The Morgan fingerprint density at radius 1 is 1.32 bits per heavy atom. The number of carbonyl (C=O) groups excluding carboxylic acids is 1. The van der Waals surface area contributed by atoms with E-state index in [0.717, 1.165) is 12.8 Å². The van der Waals surface area contributed by atoms with Gasteiger partial charge in [0.15, 0.2) is 11.4 Å². The molecule has 0 spiro atoms. The van der Waals surface area contributed by atoms with Crippen molar-refractivity contribution in [1.29, 1.82) is 0 Å². The fraction of sp³-hybridized carbons (Fsp3) is 0.500. The Balaban J connectivity index is 1.67. The number of piperidine rings is 1. The number of aromatic nitrogens is 3. The summed E-state index contributed by atoms with van der Waals surface area (Å²) in [6.07, 6.45) is 9.53. The molecular weight excluding hydrogens is 240 g/mol. The molecule has 2 aliphatic heterocycles. The fourth-order valence-electron chi connectivity index (χ4n) is 3.49. The lowest BCUT2D eigenvalue weighted by Crippen LogP contribution is -2.40. The topological polar surface area (TPSA) is 59.3 Å². The summed E-state index contributed by atoms with van der Waals surface area (Å²) in [6, 6.07) is 2.88. The Kier molecular flexibility index (Phi) is 2.41. The number of Topliss-reactive ketones (excluding diaryl/α,β-unsaturated/α-hetero) is 1. The van der Waals surface area contributed by atoms with Crippen LogP contribution in [0.1, 0.15) is 36.0 Å². The minimum Gasteiger partial charge on any atom is -0.311 e. The average molecular weight is 256 g/mol. The molecule has 0 aromatic carbocycles. The SMILES string of the molecule is O=C(c1cnn2cccnc12)C1CC2CCC(C1)N2. The molecule has 2 aliphatic rings. The van der Waals surface area contributed by atoms with E-state index >= 15 is 0 Å². The van der Waals surface area contributed by atoms with Crippen molar-refractivity contribution >= 4 is 11.4 Å². The highest BCUT2D eigenvalue weighted by molar-refractivity contribution is 6.02. The van der Waals surface area contributed by atoms with Gasteiger partial charge in [-0.1, -0.05) is 0 Å². The van der Waals surface area contributed by atoms with Crippen molar-refractivity contribution in [3.8, 4) is 0 Å². The first-order valence-electron chi connectivity index (χ1n) is 6.90. The van der Waals surface area contributed by atoms with E-state index in [0.29, 0.717) is 23.3 Å². The van der Waals surface area contributed by atoms with Gasteiger partial charge in [0.1, 0.15) is 0 Å². The number of ketones is 1. The quantitative estimate of drug-likeness (QED) is 0.826. The molecule has 2 bridgehead atoms. The van der Waals surface area contributed by atoms with Gasteiger partial charge >= 0.3 is 0 Å². The molecule has 5 heteroatoms. The molecule has 0 radical (unpaired) electrons. The van der Waals surface area contributed by atoms with Gasteiger partial charge in [0, 0.05) is 30.4 Å². The number of nitrogens with zero attached hydrogens (tertiary/aromatic N) is 3. The highest BCUT2D eigenvalue weighted by Crippen LogP contribution is 2.33. The van der Waals surface area contributed by atoms with Crippen LogP contribution in [0.15, 0.2) is 24.7 Å². The Labute approximate surface area is 111 Å². The minimum absolute atomic E-state index is 0.133. The third-order valence-electron chi connectivity index (χ3n) is 4.39. The molecule has 0 aliphatic carbocycles. The molecule has 4 rings (SSSR count). The summed E-state index contributed by atoms with van der Waals surface area (Å²) in [5, 5.41) is 7.77. The van der Waals surface area contributed by atoms with Gasteiger partial charge in [-0.2, -0.15) is 5.10 Å². The van der Waals surface area contributed by atoms with E-state index in [4.69, 9.17) is 0 Å². The van der Waals surface area contributed by atoms with E-state index in [9.17, 15) is 4.79 Å². The summed E-state index contributed by atoms with van der Waals surface area (Å²) in [5.74, 6) is 0.348. The molecule has 2 saturated heterocycles. The van der Waals surface area contributed by atoms with Crippen LogP contribution in [0, 0.1) is 5.92 Å². The molecule has 0 saturated carbocycles. The van der Waals surface area contributed by atoms with Crippen molar-refractivity contribution in [2.45, 2.75) is 37.8 Å². The van der Waals surface area contributed by atoms with Gasteiger partial charge in [-0.3, -0.25) is 4.79 Å². The number of carbonyl (C=O) groups is 1. The lowest BCUT2D eigenvalue weighted by Gasteiger charge is -2.27. The summed E-state index contributed by atoms with van der Waals surface area (Å²) in [7, 11) is 0. The Morgan fingerprint density at radius 2 is 2.11 bits per heavy atom. The fourth-order valence-corrected chi connectivity index (χ4v) is 3.49. The van der Waals surface area contributed by atoms with E-state index in [1.54, 1.807) is 16.9 Å². The molecule has 19 heavy (non-hydrogen) atoms. The summed E-state index contributed by atoms with van der Waals surface area (Å²) >= 11 is 0. The van der Waals surface area contributed by atoms with Crippen LogP contribution in [0.5, 0.6) is 0 Å². The van der Waals surface area contributed by atoms with Crippen molar-refractivity contribution in [3.05, 3.63) is 30.2 Å². The molecule has 2 aromatic rings. The highest BCUT2D eigenvalue weighted by Gasteiger charge is 2.37. The molecule has 2 aromatic heterocycles. The highest BCUT2D eigenvalue weighted by atomic mass is 16.1. The molecule has 4 heterocycles. The first-order chi connectivity index (χ1) is 9.31. The van der Waals surface area contributed by atoms with Gasteiger partial charge < -0.3 is 5.32 Å². The predicted molar refractivity (Wildman–Crippen MR) is 70.0 cm³/mol. The van der Waals surface area contributed by atoms with Gasteiger partial charge in [0.05, 0.1) is 11.8 Å². The van der Waals surface area contributed by atoms with Gasteiger partial charge in [0.2, 0.25) is 0 Å². The number of fused-ring (bicyclic) bond motifs is 3. The van der Waals surface area contributed by atoms with Crippen LogP contribution < -0.4 is 5.32 Å². The summed E-state index contributed by atoms with van der Waals surface area (Å²) in [4.78, 5) is 16.9. The van der Waals surface area contributed by atoms with Crippen LogP contribution >= 0.6 is 0 Å². The molecule has 2 fully saturated rings. The van der Waals surface area contributed by atoms with Crippen molar-refractivity contribution in [1.82, 2.24) is 19.9 Å². The molecule has 2 atom stereocenters. The van der Waals surface area contributed by atoms with E-state index in [2.05, 4.69) is 15.4 Å². The second kappa shape index (κ2) is 4.13. The second-order valence-corrected chi connectivity index (χ2v) is 5.62. The third-order valence-corrected chi connectivity index (χ3v) is 4.39.